The Morgan fingerprint density at radius 2 is 1.95 bits per heavy atom. The minimum atomic E-state index is -0.465. The van der Waals surface area contributed by atoms with Crippen LogP contribution in [0.1, 0.15) is 18.3 Å². The Hall–Kier alpha value is -1.88. The second-order valence-electron chi connectivity index (χ2n) is 4.32. The molecule has 1 heterocycles. The van der Waals surface area contributed by atoms with Crippen LogP contribution in [0.4, 0.5) is 21.7 Å². The Labute approximate surface area is 122 Å². The molecule has 1 aromatic carbocycles. The van der Waals surface area contributed by atoms with Crippen LogP contribution in [0.3, 0.4) is 0 Å². The van der Waals surface area contributed by atoms with Gasteiger partial charge in [-0.2, -0.15) is 0 Å². The lowest BCUT2D eigenvalue weighted by molar-refractivity contribution is 0.629. The van der Waals surface area contributed by atoms with Crippen molar-refractivity contribution in [3.8, 4) is 0 Å². The van der Waals surface area contributed by atoms with Gasteiger partial charge < -0.3 is 10.6 Å². The van der Waals surface area contributed by atoms with Gasteiger partial charge in [-0.1, -0.05) is 18.5 Å². The number of hydrogen-bond donors (Lipinski definition) is 2. The van der Waals surface area contributed by atoms with Gasteiger partial charge in [0.15, 0.2) is 0 Å². The van der Waals surface area contributed by atoms with Crippen molar-refractivity contribution >= 4 is 28.9 Å². The number of nitrogens with zero attached hydrogens (tertiary/aromatic N) is 2. The molecular weight excluding hydrogens is 279 g/mol. The lowest BCUT2D eigenvalue weighted by Gasteiger charge is -2.13. The van der Waals surface area contributed by atoms with E-state index in [4.69, 9.17) is 11.6 Å². The molecule has 0 spiro atoms. The van der Waals surface area contributed by atoms with Crippen molar-refractivity contribution in [1.82, 2.24) is 9.97 Å². The first kappa shape index (κ1) is 14.5. The third kappa shape index (κ3) is 2.99. The van der Waals surface area contributed by atoms with Gasteiger partial charge in [0.2, 0.25) is 0 Å². The molecule has 6 heteroatoms. The standard InChI is InChI=1S/C14H16ClFN4/c1-4-12-19-13(17-3)8(2)14(20-12)18-9-5-6-10(15)11(16)7-9/h5-7H,4H2,1-3H3,(H2,17,18,19,20). The van der Waals surface area contributed by atoms with Crippen LogP contribution in [-0.2, 0) is 6.42 Å². The summed E-state index contributed by atoms with van der Waals surface area (Å²) in [5.41, 5.74) is 1.47. The lowest BCUT2D eigenvalue weighted by atomic mass is 10.2. The van der Waals surface area contributed by atoms with Gasteiger partial charge in [-0.25, -0.2) is 14.4 Å². The normalized spacial score (nSPS) is 10.4. The summed E-state index contributed by atoms with van der Waals surface area (Å²) in [6.07, 6.45) is 0.721. The summed E-state index contributed by atoms with van der Waals surface area (Å²) in [5, 5.41) is 6.23. The molecule has 0 saturated carbocycles. The molecule has 4 nitrogen and oxygen atoms in total. The van der Waals surface area contributed by atoms with Crippen molar-refractivity contribution in [2.75, 3.05) is 17.7 Å². The highest BCUT2D eigenvalue weighted by atomic mass is 35.5. The largest absolute Gasteiger partial charge is 0.373 e. The van der Waals surface area contributed by atoms with E-state index in [0.717, 1.165) is 23.6 Å². The number of anilines is 3. The Morgan fingerprint density at radius 1 is 1.25 bits per heavy atom. The number of halogens is 2. The maximum absolute atomic E-state index is 13.5. The second-order valence-corrected chi connectivity index (χ2v) is 4.73. The summed E-state index contributed by atoms with van der Waals surface area (Å²) in [5.74, 6) is 1.67. The molecule has 0 saturated heterocycles. The van der Waals surface area contributed by atoms with Crippen LogP contribution in [-0.4, -0.2) is 17.0 Å². The van der Waals surface area contributed by atoms with Crippen molar-refractivity contribution in [3.05, 3.63) is 40.4 Å². The van der Waals surface area contributed by atoms with Crippen LogP contribution in [0.2, 0.25) is 5.02 Å². The first-order valence-corrected chi connectivity index (χ1v) is 6.70. The molecule has 2 aromatic rings. The third-order valence-electron chi connectivity index (χ3n) is 2.93. The molecule has 0 bridgehead atoms. The third-order valence-corrected chi connectivity index (χ3v) is 3.23. The van der Waals surface area contributed by atoms with Gasteiger partial charge in [-0.3, -0.25) is 0 Å². The number of aromatic nitrogens is 2. The number of nitrogens with one attached hydrogen (secondary N) is 2. The van der Waals surface area contributed by atoms with Gasteiger partial charge in [0.05, 0.1) is 5.02 Å². The average molecular weight is 295 g/mol. The SMILES string of the molecule is CCc1nc(NC)c(C)c(Nc2ccc(Cl)c(F)c2)n1. The summed E-state index contributed by atoms with van der Waals surface area (Å²) < 4.78 is 13.5. The molecule has 1 aromatic heterocycles. The van der Waals surface area contributed by atoms with Crippen LogP contribution in [0.5, 0.6) is 0 Å². The summed E-state index contributed by atoms with van der Waals surface area (Å²) in [6.45, 7) is 3.88. The number of benzene rings is 1. The molecular formula is C14H16ClFN4. The zero-order valence-corrected chi connectivity index (χ0v) is 12.3. The highest BCUT2D eigenvalue weighted by Gasteiger charge is 2.10. The number of rotatable bonds is 4. The van der Waals surface area contributed by atoms with Gasteiger partial charge in [-0.15, -0.1) is 0 Å². The molecule has 2 rings (SSSR count). The molecule has 0 unspecified atom stereocenters. The Kier molecular flexibility index (Phi) is 4.39. The van der Waals surface area contributed by atoms with E-state index < -0.39 is 5.82 Å². The summed E-state index contributed by atoms with van der Waals surface area (Å²) >= 11 is 5.67. The Morgan fingerprint density at radius 3 is 2.55 bits per heavy atom. The van der Waals surface area contributed by atoms with E-state index in [-0.39, 0.29) is 5.02 Å². The topological polar surface area (TPSA) is 49.8 Å². The summed E-state index contributed by atoms with van der Waals surface area (Å²) in [6, 6.07) is 4.56. The van der Waals surface area contributed by atoms with E-state index >= 15 is 0 Å². The predicted molar refractivity (Wildman–Crippen MR) is 80.4 cm³/mol. The van der Waals surface area contributed by atoms with Crippen molar-refractivity contribution in [3.63, 3.8) is 0 Å². The Balaban J connectivity index is 2.39. The molecule has 0 radical (unpaired) electrons. The molecule has 0 aliphatic heterocycles. The smallest absolute Gasteiger partial charge is 0.143 e. The fourth-order valence-corrected chi connectivity index (χ4v) is 1.91. The van der Waals surface area contributed by atoms with Gasteiger partial charge in [0, 0.05) is 24.7 Å². The van der Waals surface area contributed by atoms with Crippen molar-refractivity contribution in [2.45, 2.75) is 20.3 Å². The first-order valence-electron chi connectivity index (χ1n) is 6.32. The maximum atomic E-state index is 13.5. The van der Waals surface area contributed by atoms with Crippen LogP contribution in [0.15, 0.2) is 18.2 Å². The van der Waals surface area contributed by atoms with Crippen LogP contribution in [0, 0.1) is 12.7 Å². The van der Waals surface area contributed by atoms with Crippen molar-refractivity contribution in [2.24, 2.45) is 0 Å². The van der Waals surface area contributed by atoms with Crippen molar-refractivity contribution < 1.29 is 4.39 Å². The second kappa shape index (κ2) is 6.05. The molecule has 20 heavy (non-hydrogen) atoms. The van der Waals surface area contributed by atoms with Gasteiger partial charge in [-0.05, 0) is 25.1 Å². The average Bonchev–Trinajstić information content (AvgIpc) is 2.45. The fourth-order valence-electron chi connectivity index (χ4n) is 1.80. The molecule has 0 atom stereocenters. The summed E-state index contributed by atoms with van der Waals surface area (Å²) in [7, 11) is 1.81. The van der Waals surface area contributed by atoms with Crippen LogP contribution < -0.4 is 10.6 Å². The quantitative estimate of drug-likeness (QED) is 0.897. The monoisotopic (exact) mass is 294 g/mol. The minimum Gasteiger partial charge on any atom is -0.373 e. The number of hydrogen-bond acceptors (Lipinski definition) is 4. The van der Waals surface area contributed by atoms with E-state index in [1.54, 1.807) is 13.1 Å². The molecule has 0 aliphatic carbocycles. The van der Waals surface area contributed by atoms with E-state index in [1.807, 2.05) is 13.8 Å². The maximum Gasteiger partial charge on any atom is 0.143 e. The minimum absolute atomic E-state index is 0.0973. The predicted octanol–water partition coefficient (Wildman–Crippen LogP) is 3.93. The van der Waals surface area contributed by atoms with Crippen LogP contribution >= 0.6 is 11.6 Å². The van der Waals surface area contributed by atoms with Crippen LogP contribution in [0.25, 0.3) is 0 Å². The first-order chi connectivity index (χ1) is 9.55. The van der Waals surface area contributed by atoms with Gasteiger partial charge >= 0.3 is 0 Å². The molecule has 0 fully saturated rings. The fraction of sp³-hybridized carbons (Fsp3) is 0.286. The Bertz CT molecular complexity index is 631. The lowest BCUT2D eigenvalue weighted by Crippen LogP contribution is -2.06. The van der Waals surface area contributed by atoms with Gasteiger partial charge in [0.1, 0.15) is 23.3 Å². The van der Waals surface area contributed by atoms with Crippen molar-refractivity contribution in [1.29, 1.82) is 0 Å². The van der Waals surface area contributed by atoms with Gasteiger partial charge in [0.25, 0.3) is 0 Å². The zero-order chi connectivity index (χ0) is 14.7. The van der Waals surface area contributed by atoms with E-state index in [0.29, 0.717) is 11.5 Å². The molecule has 0 amide bonds. The zero-order valence-electron chi connectivity index (χ0n) is 11.6. The molecule has 2 N–H and O–H groups in total. The highest BCUT2D eigenvalue weighted by Crippen LogP contribution is 2.25. The van der Waals surface area contributed by atoms with E-state index in [1.165, 1.54) is 12.1 Å². The van der Waals surface area contributed by atoms with E-state index in [9.17, 15) is 4.39 Å². The molecule has 0 aliphatic rings. The molecule has 106 valence electrons. The summed E-state index contributed by atoms with van der Waals surface area (Å²) in [4.78, 5) is 8.81. The number of aryl methyl sites for hydroxylation is 1. The van der Waals surface area contributed by atoms with E-state index in [2.05, 4.69) is 20.6 Å². The highest BCUT2D eigenvalue weighted by molar-refractivity contribution is 6.30.